The molecule has 0 unspecified atom stereocenters. The molecule has 2 aromatic rings. The average molecular weight is 344 g/mol. The van der Waals surface area contributed by atoms with Crippen molar-refractivity contribution < 1.29 is 13.7 Å². The van der Waals surface area contributed by atoms with Crippen molar-refractivity contribution in [3.8, 4) is 0 Å². The van der Waals surface area contributed by atoms with Gasteiger partial charge in [-0.25, -0.2) is 8.78 Å². The van der Waals surface area contributed by atoms with Crippen LogP contribution in [0.5, 0.6) is 0 Å². The van der Waals surface area contributed by atoms with E-state index in [9.17, 15) is 18.9 Å². The van der Waals surface area contributed by atoms with Gasteiger partial charge in [-0.05, 0) is 30.4 Å². The predicted molar refractivity (Wildman–Crippen MR) is 84.3 cm³/mol. The van der Waals surface area contributed by atoms with E-state index >= 15 is 0 Å². The van der Waals surface area contributed by atoms with Gasteiger partial charge in [-0.1, -0.05) is 11.6 Å². The van der Waals surface area contributed by atoms with Gasteiger partial charge in [-0.2, -0.15) is 0 Å². The molecule has 0 aliphatic carbocycles. The monoisotopic (exact) mass is 343 g/mol. The molecular formula is C13H8ClF2N3O2S. The number of anilines is 2. The Morgan fingerprint density at radius 2 is 1.82 bits per heavy atom. The van der Waals surface area contributed by atoms with Gasteiger partial charge in [0, 0.05) is 18.2 Å². The zero-order valence-electron chi connectivity index (χ0n) is 10.8. The van der Waals surface area contributed by atoms with Crippen LogP contribution in [0.1, 0.15) is 0 Å². The molecule has 2 aromatic carbocycles. The Balaban J connectivity index is 2.15. The van der Waals surface area contributed by atoms with Crippen molar-refractivity contribution in [1.82, 2.24) is 0 Å². The van der Waals surface area contributed by atoms with Crippen LogP contribution in [0, 0.1) is 21.7 Å². The van der Waals surface area contributed by atoms with Crippen LogP contribution < -0.4 is 10.6 Å². The third-order valence-electron chi connectivity index (χ3n) is 2.59. The Morgan fingerprint density at radius 1 is 1.14 bits per heavy atom. The maximum Gasteiger partial charge on any atom is 0.271 e. The first kappa shape index (κ1) is 16.1. The first-order chi connectivity index (χ1) is 10.4. The van der Waals surface area contributed by atoms with Crippen LogP contribution in [0.4, 0.5) is 25.8 Å². The first-order valence-corrected chi connectivity index (χ1v) is 6.62. The summed E-state index contributed by atoms with van der Waals surface area (Å²) in [5.74, 6) is -1.54. The van der Waals surface area contributed by atoms with Crippen molar-refractivity contribution >= 4 is 46.0 Å². The van der Waals surface area contributed by atoms with Gasteiger partial charge in [0.15, 0.2) is 5.11 Å². The van der Waals surface area contributed by atoms with Gasteiger partial charge in [0.1, 0.15) is 11.6 Å². The van der Waals surface area contributed by atoms with Crippen molar-refractivity contribution in [2.45, 2.75) is 0 Å². The summed E-state index contributed by atoms with van der Waals surface area (Å²) >= 11 is 10.9. The molecule has 0 aromatic heterocycles. The zero-order chi connectivity index (χ0) is 16.3. The van der Waals surface area contributed by atoms with Crippen LogP contribution in [0.3, 0.4) is 0 Å². The lowest BCUT2D eigenvalue weighted by atomic mass is 10.3. The number of benzene rings is 2. The fourth-order valence-electron chi connectivity index (χ4n) is 1.59. The minimum Gasteiger partial charge on any atom is -0.331 e. The highest BCUT2D eigenvalue weighted by Gasteiger charge is 2.12. The number of thiocarbonyl (C=S) groups is 1. The highest BCUT2D eigenvalue weighted by molar-refractivity contribution is 7.80. The van der Waals surface area contributed by atoms with E-state index in [1.807, 2.05) is 0 Å². The summed E-state index contributed by atoms with van der Waals surface area (Å²) in [4.78, 5) is 10.1. The lowest BCUT2D eigenvalue weighted by Crippen LogP contribution is -2.20. The van der Waals surface area contributed by atoms with E-state index < -0.39 is 16.6 Å². The number of non-ortho nitro benzene ring substituents is 1. The summed E-state index contributed by atoms with van der Waals surface area (Å²) in [6, 6.07) is 6.71. The predicted octanol–water partition coefficient (Wildman–Crippen LogP) is 4.34. The van der Waals surface area contributed by atoms with Gasteiger partial charge in [0.2, 0.25) is 0 Å². The number of nitrogens with zero attached hydrogens (tertiary/aromatic N) is 1. The van der Waals surface area contributed by atoms with Crippen LogP contribution in [-0.2, 0) is 0 Å². The maximum atomic E-state index is 13.5. The minimum atomic E-state index is -0.825. The second kappa shape index (κ2) is 6.63. The van der Waals surface area contributed by atoms with E-state index in [1.165, 1.54) is 24.3 Å². The Bertz CT molecular complexity index is 758. The summed E-state index contributed by atoms with van der Waals surface area (Å²) in [6.07, 6.45) is 0. The van der Waals surface area contributed by atoms with E-state index in [1.54, 1.807) is 0 Å². The third-order valence-corrected chi connectivity index (χ3v) is 3.12. The number of hydrogen-bond acceptors (Lipinski definition) is 3. The number of nitro benzene ring substituents is 1. The molecule has 0 heterocycles. The number of halogens is 3. The van der Waals surface area contributed by atoms with Crippen LogP contribution in [0.2, 0.25) is 5.02 Å². The van der Waals surface area contributed by atoms with Crippen molar-refractivity contribution in [3.63, 3.8) is 0 Å². The molecule has 0 amide bonds. The SMILES string of the molecule is O=[N+]([O-])c1ccc(Cl)c(NC(=S)Nc2ccc(F)cc2F)c1. The largest absolute Gasteiger partial charge is 0.331 e. The van der Waals surface area contributed by atoms with Crippen molar-refractivity contribution in [3.05, 3.63) is 63.2 Å². The van der Waals surface area contributed by atoms with Crippen LogP contribution in [0.15, 0.2) is 36.4 Å². The second-order valence-electron chi connectivity index (χ2n) is 4.12. The topological polar surface area (TPSA) is 67.2 Å². The Labute approximate surface area is 134 Å². The molecule has 0 bridgehead atoms. The lowest BCUT2D eigenvalue weighted by Gasteiger charge is -2.12. The van der Waals surface area contributed by atoms with E-state index in [4.69, 9.17) is 23.8 Å². The summed E-state index contributed by atoms with van der Waals surface area (Å²) in [6.45, 7) is 0. The van der Waals surface area contributed by atoms with Crippen molar-refractivity contribution in [2.24, 2.45) is 0 Å². The fraction of sp³-hybridized carbons (Fsp3) is 0. The number of hydrogen-bond donors (Lipinski definition) is 2. The van der Waals surface area contributed by atoms with Crippen LogP contribution in [-0.4, -0.2) is 10.0 Å². The molecule has 9 heteroatoms. The van der Waals surface area contributed by atoms with Gasteiger partial charge >= 0.3 is 0 Å². The van der Waals surface area contributed by atoms with E-state index in [2.05, 4.69) is 10.6 Å². The zero-order valence-corrected chi connectivity index (χ0v) is 12.3. The molecule has 0 saturated heterocycles. The summed E-state index contributed by atoms with van der Waals surface area (Å²) in [7, 11) is 0. The molecule has 0 aliphatic rings. The average Bonchev–Trinajstić information content (AvgIpc) is 2.44. The Kier molecular flexibility index (Phi) is 4.84. The smallest absolute Gasteiger partial charge is 0.271 e. The standard InChI is InChI=1S/C13H8ClF2N3O2S/c14-9-3-2-8(19(20)21)6-12(9)18-13(22)17-11-4-1-7(15)5-10(11)16/h1-6H,(H2,17,18,22). The molecule has 0 saturated carbocycles. The van der Waals surface area contributed by atoms with Gasteiger partial charge in [0.05, 0.1) is 21.3 Å². The van der Waals surface area contributed by atoms with Gasteiger partial charge in [-0.15, -0.1) is 0 Å². The summed E-state index contributed by atoms with van der Waals surface area (Å²) in [5.41, 5.74) is -0.0287. The minimum absolute atomic E-state index is 0.0412. The highest BCUT2D eigenvalue weighted by atomic mass is 35.5. The van der Waals surface area contributed by atoms with Gasteiger partial charge < -0.3 is 10.6 Å². The third kappa shape index (κ3) is 3.86. The van der Waals surface area contributed by atoms with Crippen molar-refractivity contribution in [1.29, 1.82) is 0 Å². The van der Waals surface area contributed by atoms with Gasteiger partial charge in [-0.3, -0.25) is 10.1 Å². The molecule has 5 nitrogen and oxygen atoms in total. The van der Waals surface area contributed by atoms with E-state index in [-0.39, 0.29) is 27.2 Å². The molecule has 22 heavy (non-hydrogen) atoms. The molecule has 0 radical (unpaired) electrons. The number of nitro groups is 1. The lowest BCUT2D eigenvalue weighted by molar-refractivity contribution is -0.384. The van der Waals surface area contributed by atoms with Crippen LogP contribution in [0.25, 0.3) is 0 Å². The van der Waals surface area contributed by atoms with Gasteiger partial charge in [0.25, 0.3) is 5.69 Å². The van der Waals surface area contributed by atoms with E-state index in [0.717, 1.165) is 6.07 Å². The molecule has 2 N–H and O–H groups in total. The molecule has 0 atom stereocenters. The Morgan fingerprint density at radius 3 is 2.45 bits per heavy atom. The molecule has 0 aliphatic heterocycles. The maximum absolute atomic E-state index is 13.5. The molecule has 0 fully saturated rings. The number of rotatable bonds is 3. The summed E-state index contributed by atoms with van der Waals surface area (Å²) < 4.78 is 26.3. The fourth-order valence-corrected chi connectivity index (χ4v) is 1.97. The summed E-state index contributed by atoms with van der Waals surface area (Å²) in [5, 5.41) is 16.0. The molecule has 0 spiro atoms. The van der Waals surface area contributed by atoms with Crippen LogP contribution >= 0.6 is 23.8 Å². The van der Waals surface area contributed by atoms with E-state index in [0.29, 0.717) is 6.07 Å². The first-order valence-electron chi connectivity index (χ1n) is 5.84. The second-order valence-corrected chi connectivity index (χ2v) is 4.94. The Hall–Kier alpha value is -2.32. The highest BCUT2D eigenvalue weighted by Crippen LogP contribution is 2.27. The molecular weight excluding hydrogens is 336 g/mol. The molecule has 2 rings (SSSR count). The quantitative estimate of drug-likeness (QED) is 0.493. The molecule has 114 valence electrons. The normalized spacial score (nSPS) is 10.1. The van der Waals surface area contributed by atoms with Crippen molar-refractivity contribution in [2.75, 3.05) is 10.6 Å². The number of nitrogens with one attached hydrogen (secondary N) is 2.